The number of piperazine rings is 1. The van der Waals surface area contributed by atoms with Gasteiger partial charge in [0.05, 0.1) is 13.7 Å². The number of nitrogens with zero attached hydrogens (tertiary/aromatic N) is 1. The van der Waals surface area contributed by atoms with Crippen LogP contribution in [0.2, 0.25) is 0 Å². The van der Waals surface area contributed by atoms with E-state index in [-0.39, 0.29) is 11.8 Å². The van der Waals surface area contributed by atoms with Gasteiger partial charge in [-0.3, -0.25) is 9.59 Å². The Morgan fingerprint density at radius 3 is 2.62 bits per heavy atom. The highest BCUT2D eigenvalue weighted by Gasteiger charge is 2.43. The maximum atomic E-state index is 12.6. The molecule has 1 aliphatic heterocycles. The number of carbonyl (C=O) groups is 2. The van der Waals surface area contributed by atoms with E-state index in [1.165, 1.54) is 0 Å². The molecule has 114 valence electrons. The van der Waals surface area contributed by atoms with Crippen molar-refractivity contribution in [2.75, 3.05) is 7.11 Å². The predicted molar refractivity (Wildman–Crippen MR) is 80.0 cm³/mol. The van der Waals surface area contributed by atoms with Gasteiger partial charge in [0.2, 0.25) is 11.8 Å². The van der Waals surface area contributed by atoms with Crippen molar-refractivity contribution in [1.82, 2.24) is 10.2 Å². The van der Waals surface area contributed by atoms with Gasteiger partial charge in [-0.25, -0.2) is 0 Å². The quantitative estimate of drug-likeness (QED) is 0.920. The molecule has 1 N–H and O–H groups in total. The summed E-state index contributed by atoms with van der Waals surface area (Å²) in [4.78, 5) is 26.2. The Morgan fingerprint density at radius 2 is 2.00 bits per heavy atom. The van der Waals surface area contributed by atoms with Crippen LogP contribution in [0.1, 0.15) is 31.9 Å². The molecule has 1 aromatic carbocycles. The van der Waals surface area contributed by atoms with Crippen molar-refractivity contribution in [2.45, 2.75) is 45.8 Å². The first-order chi connectivity index (χ1) is 9.76. The summed E-state index contributed by atoms with van der Waals surface area (Å²) < 4.78 is 5.35. The van der Waals surface area contributed by atoms with Crippen molar-refractivity contribution in [1.29, 1.82) is 0 Å². The minimum absolute atomic E-state index is 0.0850. The van der Waals surface area contributed by atoms with E-state index in [2.05, 4.69) is 5.32 Å². The minimum Gasteiger partial charge on any atom is -0.496 e. The smallest absolute Gasteiger partial charge is 0.248 e. The van der Waals surface area contributed by atoms with Crippen LogP contribution in [0.15, 0.2) is 18.2 Å². The molecule has 5 nitrogen and oxygen atoms in total. The van der Waals surface area contributed by atoms with Crippen LogP contribution in [-0.4, -0.2) is 35.4 Å². The molecular formula is C16H22N2O3. The van der Waals surface area contributed by atoms with Crippen molar-refractivity contribution >= 4 is 11.8 Å². The molecule has 0 bridgehead atoms. The minimum atomic E-state index is -0.874. The fourth-order valence-electron chi connectivity index (χ4n) is 2.57. The summed E-state index contributed by atoms with van der Waals surface area (Å²) >= 11 is 0. The Kier molecular flexibility index (Phi) is 3.94. The van der Waals surface area contributed by atoms with Crippen LogP contribution in [0.25, 0.3) is 0 Å². The Bertz CT molecular complexity index is 581. The van der Waals surface area contributed by atoms with Gasteiger partial charge >= 0.3 is 0 Å². The summed E-state index contributed by atoms with van der Waals surface area (Å²) in [5, 5.41) is 2.75. The van der Waals surface area contributed by atoms with Crippen LogP contribution in [0.3, 0.4) is 0 Å². The molecule has 0 spiro atoms. The Balaban J connectivity index is 2.34. The third-order valence-electron chi connectivity index (χ3n) is 3.85. The van der Waals surface area contributed by atoms with E-state index >= 15 is 0 Å². The number of aryl methyl sites for hydroxylation is 1. The predicted octanol–water partition coefficient (Wildman–Crippen LogP) is 1.63. The Morgan fingerprint density at radius 1 is 1.33 bits per heavy atom. The summed E-state index contributed by atoms with van der Waals surface area (Å²) in [6.45, 7) is 7.53. The number of ether oxygens (including phenoxy) is 1. The van der Waals surface area contributed by atoms with Gasteiger partial charge < -0.3 is 15.0 Å². The molecule has 5 heteroatoms. The number of amides is 2. The lowest BCUT2D eigenvalue weighted by atomic mass is 9.96. The van der Waals surface area contributed by atoms with Crippen LogP contribution in [0, 0.1) is 6.92 Å². The highest BCUT2D eigenvalue weighted by Crippen LogP contribution is 2.25. The van der Waals surface area contributed by atoms with Gasteiger partial charge in [-0.1, -0.05) is 17.7 Å². The molecule has 1 saturated heterocycles. The van der Waals surface area contributed by atoms with Gasteiger partial charge in [-0.15, -0.1) is 0 Å². The van der Waals surface area contributed by atoms with E-state index in [1.807, 2.05) is 25.1 Å². The standard InChI is InChI=1S/C16H22N2O3/c1-10-6-7-13(21-5)12(8-10)9-18-11(2)14(19)17-16(3,4)15(18)20/h6-8,11H,9H2,1-5H3,(H,17,19). The summed E-state index contributed by atoms with van der Waals surface area (Å²) in [6, 6.07) is 5.34. The second-order valence-corrected chi connectivity index (χ2v) is 6.04. The van der Waals surface area contributed by atoms with Gasteiger partial charge in [0.1, 0.15) is 17.3 Å². The van der Waals surface area contributed by atoms with Gasteiger partial charge in [0, 0.05) is 5.56 Å². The van der Waals surface area contributed by atoms with Gasteiger partial charge in [-0.2, -0.15) is 0 Å². The van der Waals surface area contributed by atoms with Crippen molar-refractivity contribution in [3.05, 3.63) is 29.3 Å². The third-order valence-corrected chi connectivity index (χ3v) is 3.85. The van der Waals surface area contributed by atoms with E-state index in [0.717, 1.165) is 16.9 Å². The van der Waals surface area contributed by atoms with E-state index in [0.29, 0.717) is 6.54 Å². The van der Waals surface area contributed by atoms with Crippen molar-refractivity contribution in [3.8, 4) is 5.75 Å². The number of carbonyl (C=O) groups excluding carboxylic acids is 2. The number of hydrogen-bond acceptors (Lipinski definition) is 3. The molecule has 2 amide bonds. The Labute approximate surface area is 125 Å². The second-order valence-electron chi connectivity index (χ2n) is 6.04. The zero-order chi connectivity index (χ0) is 15.8. The first-order valence-corrected chi connectivity index (χ1v) is 7.03. The molecular weight excluding hydrogens is 268 g/mol. The van der Waals surface area contributed by atoms with E-state index < -0.39 is 11.6 Å². The third kappa shape index (κ3) is 2.86. The van der Waals surface area contributed by atoms with Crippen LogP contribution < -0.4 is 10.1 Å². The molecule has 1 unspecified atom stereocenters. The first-order valence-electron chi connectivity index (χ1n) is 7.03. The summed E-state index contributed by atoms with van der Waals surface area (Å²) in [5.74, 6) is 0.508. The summed E-state index contributed by atoms with van der Waals surface area (Å²) in [5.41, 5.74) is 1.12. The highest BCUT2D eigenvalue weighted by molar-refractivity contribution is 5.99. The molecule has 1 heterocycles. The number of methoxy groups -OCH3 is 1. The number of benzene rings is 1. The Hall–Kier alpha value is -2.04. The lowest BCUT2D eigenvalue weighted by Gasteiger charge is -2.41. The summed E-state index contributed by atoms with van der Waals surface area (Å²) in [7, 11) is 1.60. The van der Waals surface area contributed by atoms with Gasteiger partial charge in [0.15, 0.2) is 0 Å². The van der Waals surface area contributed by atoms with Crippen LogP contribution in [-0.2, 0) is 16.1 Å². The van der Waals surface area contributed by atoms with Crippen molar-refractivity contribution < 1.29 is 14.3 Å². The topological polar surface area (TPSA) is 58.6 Å². The van der Waals surface area contributed by atoms with Crippen molar-refractivity contribution in [3.63, 3.8) is 0 Å². The second kappa shape index (κ2) is 5.39. The average Bonchev–Trinajstić information content (AvgIpc) is 2.41. The van der Waals surface area contributed by atoms with Crippen LogP contribution in [0.4, 0.5) is 0 Å². The van der Waals surface area contributed by atoms with E-state index in [4.69, 9.17) is 4.74 Å². The van der Waals surface area contributed by atoms with Crippen LogP contribution >= 0.6 is 0 Å². The molecule has 1 aromatic rings. The largest absolute Gasteiger partial charge is 0.496 e. The van der Waals surface area contributed by atoms with Gasteiger partial charge in [-0.05, 0) is 33.8 Å². The molecule has 0 aromatic heterocycles. The summed E-state index contributed by atoms with van der Waals surface area (Å²) in [6.07, 6.45) is 0. The molecule has 1 atom stereocenters. The average molecular weight is 290 g/mol. The first kappa shape index (κ1) is 15.4. The molecule has 0 aliphatic carbocycles. The number of hydrogen-bond donors (Lipinski definition) is 1. The number of nitrogens with one attached hydrogen (secondary N) is 1. The van der Waals surface area contributed by atoms with Gasteiger partial charge in [0.25, 0.3) is 0 Å². The molecule has 2 rings (SSSR count). The fourth-order valence-corrected chi connectivity index (χ4v) is 2.57. The highest BCUT2D eigenvalue weighted by atomic mass is 16.5. The molecule has 0 radical (unpaired) electrons. The maximum absolute atomic E-state index is 12.6. The SMILES string of the molecule is COc1ccc(C)cc1CN1C(=O)C(C)(C)NC(=O)C1C. The molecule has 1 aliphatic rings. The lowest BCUT2D eigenvalue weighted by molar-refractivity contribution is -0.153. The maximum Gasteiger partial charge on any atom is 0.248 e. The molecule has 1 fully saturated rings. The fraction of sp³-hybridized carbons (Fsp3) is 0.500. The number of rotatable bonds is 3. The zero-order valence-corrected chi connectivity index (χ0v) is 13.2. The van der Waals surface area contributed by atoms with Crippen molar-refractivity contribution in [2.24, 2.45) is 0 Å². The van der Waals surface area contributed by atoms with Crippen LogP contribution in [0.5, 0.6) is 5.75 Å². The lowest BCUT2D eigenvalue weighted by Crippen LogP contribution is -2.66. The van der Waals surface area contributed by atoms with E-state index in [1.54, 1.807) is 32.8 Å². The zero-order valence-electron chi connectivity index (χ0n) is 13.2. The normalized spacial score (nSPS) is 21.2. The molecule has 0 saturated carbocycles. The van der Waals surface area contributed by atoms with E-state index in [9.17, 15) is 9.59 Å². The monoisotopic (exact) mass is 290 g/mol. The molecule has 21 heavy (non-hydrogen) atoms.